The average molecular weight is 538 g/mol. The van der Waals surface area contributed by atoms with E-state index >= 15 is 0 Å². The van der Waals surface area contributed by atoms with Crippen LogP contribution in [0.15, 0.2) is 34.9 Å². The molecule has 0 aliphatic heterocycles. The Bertz CT molecular complexity index is 1240. The topological polar surface area (TPSA) is 170 Å². The number of aromatic nitrogens is 6. The third-order valence-corrected chi connectivity index (χ3v) is 5.35. The first-order chi connectivity index (χ1) is 19.0. The van der Waals surface area contributed by atoms with Gasteiger partial charge in [-0.25, -0.2) is 24.6 Å². The lowest BCUT2D eigenvalue weighted by Gasteiger charge is -2.19. The second-order valence-electron chi connectivity index (χ2n) is 8.90. The molecular weight excluding hydrogens is 502 g/mol. The van der Waals surface area contributed by atoms with E-state index in [1.54, 1.807) is 39.8 Å². The van der Waals surface area contributed by atoms with Crippen molar-refractivity contribution in [3.8, 4) is 12.0 Å². The van der Waals surface area contributed by atoms with Gasteiger partial charge in [0.2, 0.25) is 5.82 Å². The number of nitriles is 1. The number of ether oxygens (including phenoxy) is 3. The van der Waals surface area contributed by atoms with Gasteiger partial charge in [0.1, 0.15) is 17.5 Å². The molecule has 2 unspecified atom stereocenters. The van der Waals surface area contributed by atoms with Crippen LogP contribution in [0.3, 0.4) is 0 Å². The molecule has 3 heterocycles. The monoisotopic (exact) mass is 537 g/mol. The van der Waals surface area contributed by atoms with E-state index in [4.69, 9.17) is 24.2 Å². The molecule has 0 saturated heterocycles. The highest BCUT2D eigenvalue weighted by atomic mass is 16.5. The quantitative estimate of drug-likeness (QED) is 0.203. The van der Waals surface area contributed by atoms with Crippen molar-refractivity contribution in [1.82, 2.24) is 29.7 Å². The van der Waals surface area contributed by atoms with Crippen LogP contribution in [0, 0.1) is 17.2 Å². The van der Waals surface area contributed by atoms with Crippen LogP contribution in [0.25, 0.3) is 5.95 Å². The van der Waals surface area contributed by atoms with Gasteiger partial charge >= 0.3 is 0 Å². The molecule has 0 aliphatic rings. The molecule has 208 valence electrons. The number of nitrogens with zero attached hydrogens (tertiary/aromatic N) is 9. The van der Waals surface area contributed by atoms with Crippen molar-refractivity contribution in [2.75, 3.05) is 58.3 Å². The summed E-state index contributed by atoms with van der Waals surface area (Å²) >= 11 is 0. The van der Waals surface area contributed by atoms with Gasteiger partial charge in [0.25, 0.3) is 5.95 Å². The SMILES string of the molecule is COCCCNc1nc(CC(C)COC)nc(NC(C)COC)c1N=Nc1nn(-c2ncccn2)cc1C#N. The minimum atomic E-state index is -0.0754. The van der Waals surface area contributed by atoms with Crippen molar-refractivity contribution in [2.45, 2.75) is 32.7 Å². The van der Waals surface area contributed by atoms with Crippen LogP contribution in [0.2, 0.25) is 0 Å². The van der Waals surface area contributed by atoms with Crippen molar-refractivity contribution in [1.29, 1.82) is 5.26 Å². The Balaban J connectivity index is 2.04. The fourth-order valence-electron chi connectivity index (χ4n) is 3.64. The van der Waals surface area contributed by atoms with E-state index in [0.717, 1.165) is 6.42 Å². The lowest BCUT2D eigenvalue weighted by atomic mass is 10.1. The van der Waals surface area contributed by atoms with E-state index in [9.17, 15) is 5.26 Å². The molecule has 0 saturated carbocycles. The molecule has 39 heavy (non-hydrogen) atoms. The molecule has 0 amide bonds. The van der Waals surface area contributed by atoms with Gasteiger partial charge in [-0.1, -0.05) is 6.92 Å². The minimum absolute atomic E-state index is 0.0754. The molecule has 0 bridgehead atoms. The van der Waals surface area contributed by atoms with Gasteiger partial charge in [-0.05, 0) is 25.3 Å². The van der Waals surface area contributed by atoms with Crippen LogP contribution >= 0.6 is 0 Å². The summed E-state index contributed by atoms with van der Waals surface area (Å²) in [5.41, 5.74) is 0.599. The van der Waals surface area contributed by atoms with Crippen molar-refractivity contribution in [3.63, 3.8) is 0 Å². The van der Waals surface area contributed by atoms with Gasteiger partial charge in [0.05, 0.1) is 12.8 Å². The van der Waals surface area contributed by atoms with E-state index in [1.807, 2.05) is 6.92 Å². The lowest BCUT2D eigenvalue weighted by molar-refractivity contribution is 0.159. The van der Waals surface area contributed by atoms with Gasteiger partial charge in [-0.2, -0.15) is 5.26 Å². The number of methoxy groups -OCH3 is 3. The molecule has 2 N–H and O–H groups in total. The Kier molecular flexibility index (Phi) is 11.6. The second-order valence-corrected chi connectivity index (χ2v) is 8.90. The Morgan fingerprint density at radius 3 is 2.46 bits per heavy atom. The fraction of sp³-hybridized carbons (Fsp3) is 0.520. The fourth-order valence-corrected chi connectivity index (χ4v) is 3.64. The largest absolute Gasteiger partial charge is 0.385 e. The summed E-state index contributed by atoms with van der Waals surface area (Å²) in [4.78, 5) is 17.9. The minimum Gasteiger partial charge on any atom is -0.385 e. The van der Waals surface area contributed by atoms with Gasteiger partial charge in [0.15, 0.2) is 17.3 Å². The molecule has 0 aromatic carbocycles. The molecule has 2 atom stereocenters. The van der Waals surface area contributed by atoms with Crippen LogP contribution in [0.4, 0.5) is 23.1 Å². The van der Waals surface area contributed by atoms with Crippen LogP contribution in [-0.2, 0) is 20.6 Å². The predicted molar refractivity (Wildman–Crippen MR) is 145 cm³/mol. The highest BCUT2D eigenvalue weighted by Crippen LogP contribution is 2.34. The number of hydrogen-bond donors (Lipinski definition) is 2. The maximum absolute atomic E-state index is 9.66. The third-order valence-electron chi connectivity index (χ3n) is 5.35. The van der Waals surface area contributed by atoms with Gasteiger partial charge < -0.3 is 24.8 Å². The summed E-state index contributed by atoms with van der Waals surface area (Å²) in [7, 11) is 4.96. The van der Waals surface area contributed by atoms with Crippen molar-refractivity contribution < 1.29 is 14.2 Å². The van der Waals surface area contributed by atoms with E-state index in [2.05, 4.69) is 48.9 Å². The summed E-state index contributed by atoms with van der Waals surface area (Å²) in [6, 6.07) is 3.71. The van der Waals surface area contributed by atoms with Crippen LogP contribution in [0.5, 0.6) is 0 Å². The van der Waals surface area contributed by atoms with Crippen molar-refractivity contribution in [3.05, 3.63) is 36.0 Å². The van der Waals surface area contributed by atoms with Crippen LogP contribution < -0.4 is 10.6 Å². The maximum Gasteiger partial charge on any atom is 0.250 e. The number of azo groups is 1. The Morgan fingerprint density at radius 2 is 1.77 bits per heavy atom. The van der Waals surface area contributed by atoms with Crippen LogP contribution in [0.1, 0.15) is 31.7 Å². The zero-order chi connectivity index (χ0) is 28.0. The summed E-state index contributed by atoms with van der Waals surface area (Å²) in [5, 5.41) is 29.5. The van der Waals surface area contributed by atoms with Crippen LogP contribution in [-0.4, -0.2) is 83.5 Å². The molecule has 0 radical (unpaired) electrons. The molecule has 14 heteroatoms. The number of hydrogen-bond acceptors (Lipinski definition) is 13. The molecule has 14 nitrogen and oxygen atoms in total. The molecule has 0 fully saturated rings. The predicted octanol–water partition coefficient (Wildman–Crippen LogP) is 3.46. The molecule has 3 aromatic rings. The zero-order valence-corrected chi connectivity index (χ0v) is 23.0. The maximum atomic E-state index is 9.66. The highest BCUT2D eigenvalue weighted by Gasteiger charge is 2.19. The first-order valence-corrected chi connectivity index (χ1v) is 12.6. The van der Waals surface area contributed by atoms with Crippen molar-refractivity contribution in [2.24, 2.45) is 16.1 Å². The van der Waals surface area contributed by atoms with E-state index < -0.39 is 0 Å². The summed E-state index contributed by atoms with van der Waals surface area (Å²) in [6.45, 7) is 6.26. The number of rotatable bonds is 16. The molecular formula is C25H35N11O3. The second kappa shape index (κ2) is 15.4. The van der Waals surface area contributed by atoms with Gasteiger partial charge in [-0.15, -0.1) is 15.3 Å². The smallest absolute Gasteiger partial charge is 0.250 e. The standard InChI is InChI=1S/C25H35N11O3/c1-17(15-38-4)12-20-31-23(27-10-7-11-37-3)21(24(32-20)30-18(2)16-39-5)33-34-22-19(13-26)14-36(35-22)25-28-8-6-9-29-25/h6,8-9,14,17-18H,7,10-12,15-16H2,1-5H3,(H2,27,30,31,32). The van der Waals surface area contributed by atoms with E-state index in [-0.39, 0.29) is 23.3 Å². The van der Waals surface area contributed by atoms with E-state index in [0.29, 0.717) is 61.9 Å². The molecule has 3 aromatic heterocycles. The Hall–Kier alpha value is -4.06. The molecule has 3 rings (SSSR count). The summed E-state index contributed by atoms with van der Waals surface area (Å²) in [6.07, 6.45) is 6.04. The number of nitrogens with one attached hydrogen (secondary N) is 2. The normalized spacial score (nSPS) is 12.8. The Labute approximate surface area is 227 Å². The molecule has 0 aliphatic carbocycles. The van der Waals surface area contributed by atoms with Gasteiger partial charge in [0, 0.05) is 65.9 Å². The third kappa shape index (κ3) is 8.74. The summed E-state index contributed by atoms with van der Waals surface area (Å²) in [5.74, 6) is 2.24. The first-order valence-electron chi connectivity index (χ1n) is 12.6. The first kappa shape index (κ1) is 29.5. The van der Waals surface area contributed by atoms with Gasteiger partial charge in [-0.3, -0.25) is 0 Å². The highest BCUT2D eigenvalue weighted by molar-refractivity contribution is 5.74. The zero-order valence-electron chi connectivity index (χ0n) is 23.0. The lowest BCUT2D eigenvalue weighted by Crippen LogP contribution is -2.23. The van der Waals surface area contributed by atoms with Crippen molar-refractivity contribution >= 4 is 23.1 Å². The Morgan fingerprint density at radius 1 is 1.03 bits per heavy atom. The van der Waals surface area contributed by atoms with E-state index in [1.165, 1.54) is 10.9 Å². The average Bonchev–Trinajstić information content (AvgIpc) is 3.34. The number of anilines is 2. The summed E-state index contributed by atoms with van der Waals surface area (Å²) < 4.78 is 17.2. The molecule has 0 spiro atoms.